The third kappa shape index (κ3) is 5.93. The van der Waals surface area contributed by atoms with Gasteiger partial charge >= 0.3 is 17.8 Å². The van der Waals surface area contributed by atoms with E-state index in [-0.39, 0.29) is 22.1 Å². The smallest absolute Gasteiger partial charge is 0.345 e. The first-order valence-corrected chi connectivity index (χ1v) is 9.70. The molecular weight excluding hydrogens is 434 g/mol. The van der Waals surface area contributed by atoms with Gasteiger partial charge in [-0.1, -0.05) is 41.9 Å². The van der Waals surface area contributed by atoms with Crippen LogP contribution in [0.1, 0.15) is 15.9 Å². The molecule has 0 saturated carbocycles. The zero-order valence-corrected chi connectivity index (χ0v) is 17.6. The molecule has 0 fully saturated rings. The number of hydrogen-bond donors (Lipinski definition) is 2. The van der Waals surface area contributed by atoms with Gasteiger partial charge in [0, 0.05) is 5.69 Å². The molecule has 2 amide bonds. The number of anilines is 1. The SMILES string of the molecule is COc1cc(C=NNC(=O)C(=O)Nc2ccccc2)ccc1OC(=O)c1ccccc1Cl. The minimum Gasteiger partial charge on any atom is -0.493 e. The van der Waals surface area contributed by atoms with Crippen molar-refractivity contribution in [3.05, 3.63) is 88.9 Å². The Bertz CT molecular complexity index is 1170. The van der Waals surface area contributed by atoms with E-state index in [2.05, 4.69) is 15.8 Å². The van der Waals surface area contributed by atoms with Gasteiger partial charge < -0.3 is 14.8 Å². The first-order chi connectivity index (χ1) is 15.5. The lowest BCUT2D eigenvalue weighted by Gasteiger charge is -2.10. The zero-order chi connectivity index (χ0) is 22.9. The van der Waals surface area contributed by atoms with Gasteiger partial charge in [-0.3, -0.25) is 9.59 Å². The topological polar surface area (TPSA) is 106 Å². The highest BCUT2D eigenvalue weighted by atomic mass is 35.5. The molecule has 3 rings (SSSR count). The average molecular weight is 452 g/mol. The van der Waals surface area contributed by atoms with Gasteiger partial charge in [0.05, 0.1) is 23.9 Å². The Labute approximate surface area is 188 Å². The van der Waals surface area contributed by atoms with E-state index in [4.69, 9.17) is 21.1 Å². The summed E-state index contributed by atoms with van der Waals surface area (Å²) in [6, 6.07) is 19.7. The maximum absolute atomic E-state index is 12.4. The zero-order valence-electron chi connectivity index (χ0n) is 16.9. The maximum atomic E-state index is 12.4. The van der Waals surface area contributed by atoms with Crippen LogP contribution in [0.4, 0.5) is 5.69 Å². The molecule has 2 N–H and O–H groups in total. The summed E-state index contributed by atoms with van der Waals surface area (Å²) in [5.41, 5.74) is 3.38. The molecule has 0 aliphatic rings. The van der Waals surface area contributed by atoms with Crippen LogP contribution in [0.5, 0.6) is 11.5 Å². The number of hydrogen-bond acceptors (Lipinski definition) is 6. The Morgan fingerprint density at radius 1 is 0.906 bits per heavy atom. The predicted octanol–water partition coefficient (Wildman–Crippen LogP) is 3.66. The number of carbonyl (C=O) groups excluding carboxylic acids is 3. The van der Waals surface area contributed by atoms with Gasteiger partial charge in [0.2, 0.25) is 0 Å². The van der Waals surface area contributed by atoms with Crippen molar-refractivity contribution < 1.29 is 23.9 Å². The fraction of sp³-hybridized carbons (Fsp3) is 0.0435. The number of benzene rings is 3. The van der Waals surface area contributed by atoms with E-state index in [0.29, 0.717) is 11.3 Å². The van der Waals surface area contributed by atoms with Crippen molar-refractivity contribution in [1.82, 2.24) is 5.43 Å². The van der Waals surface area contributed by atoms with Gasteiger partial charge in [0.1, 0.15) is 0 Å². The number of hydrazone groups is 1. The third-order valence-electron chi connectivity index (χ3n) is 4.10. The molecule has 0 aliphatic carbocycles. The normalized spacial score (nSPS) is 10.4. The molecule has 0 unspecified atom stereocenters. The minimum atomic E-state index is -0.928. The van der Waals surface area contributed by atoms with E-state index >= 15 is 0 Å². The number of carbonyl (C=O) groups is 3. The molecule has 0 atom stereocenters. The third-order valence-corrected chi connectivity index (χ3v) is 4.43. The Balaban J connectivity index is 1.62. The fourth-order valence-electron chi connectivity index (χ4n) is 2.56. The largest absolute Gasteiger partial charge is 0.493 e. The van der Waals surface area contributed by atoms with Crippen molar-refractivity contribution >= 4 is 41.3 Å². The highest BCUT2D eigenvalue weighted by Gasteiger charge is 2.16. The number of halogens is 1. The summed E-state index contributed by atoms with van der Waals surface area (Å²) >= 11 is 6.02. The second kappa shape index (κ2) is 10.7. The number of methoxy groups -OCH3 is 1. The standard InChI is InChI=1S/C23H18ClN3O5/c1-31-20-13-15(11-12-19(20)32-23(30)17-9-5-6-10-18(17)24)14-25-27-22(29)21(28)26-16-7-3-2-4-8-16/h2-14H,1H3,(H,26,28)(H,27,29). The molecule has 162 valence electrons. The van der Waals surface area contributed by atoms with Gasteiger partial charge in [0.15, 0.2) is 11.5 Å². The van der Waals surface area contributed by atoms with Gasteiger partial charge in [-0.15, -0.1) is 0 Å². The van der Waals surface area contributed by atoms with Gasteiger partial charge in [-0.05, 0) is 48.0 Å². The lowest BCUT2D eigenvalue weighted by atomic mass is 10.2. The molecule has 3 aromatic rings. The highest BCUT2D eigenvalue weighted by Crippen LogP contribution is 2.29. The van der Waals surface area contributed by atoms with Crippen LogP contribution < -0.4 is 20.2 Å². The molecule has 3 aromatic carbocycles. The van der Waals surface area contributed by atoms with E-state index in [1.165, 1.54) is 19.4 Å². The Morgan fingerprint density at radius 2 is 1.62 bits per heavy atom. The van der Waals surface area contributed by atoms with Crippen molar-refractivity contribution in [2.24, 2.45) is 5.10 Å². The molecule has 0 bridgehead atoms. The van der Waals surface area contributed by atoms with E-state index in [0.717, 1.165) is 0 Å². The summed E-state index contributed by atoms with van der Waals surface area (Å²) < 4.78 is 10.6. The van der Waals surface area contributed by atoms with Gasteiger partial charge in [0.25, 0.3) is 0 Å². The minimum absolute atomic E-state index is 0.181. The first-order valence-electron chi connectivity index (χ1n) is 9.32. The van der Waals surface area contributed by atoms with Crippen LogP contribution in [0, 0.1) is 0 Å². The molecule has 0 aliphatic heterocycles. The van der Waals surface area contributed by atoms with E-state index in [1.54, 1.807) is 66.7 Å². The molecule has 0 saturated heterocycles. The predicted molar refractivity (Wildman–Crippen MR) is 120 cm³/mol. The second-order valence-electron chi connectivity index (χ2n) is 6.30. The maximum Gasteiger partial charge on any atom is 0.345 e. The van der Waals surface area contributed by atoms with Crippen LogP contribution in [0.2, 0.25) is 5.02 Å². The number of para-hydroxylation sites is 1. The number of rotatable bonds is 6. The van der Waals surface area contributed by atoms with E-state index in [1.807, 2.05) is 0 Å². The van der Waals surface area contributed by atoms with E-state index < -0.39 is 17.8 Å². The second-order valence-corrected chi connectivity index (χ2v) is 6.71. The molecular formula is C23H18ClN3O5. The number of amides is 2. The first kappa shape index (κ1) is 22.5. The number of esters is 1. The molecule has 32 heavy (non-hydrogen) atoms. The van der Waals surface area contributed by atoms with Crippen molar-refractivity contribution in [3.8, 4) is 11.5 Å². The number of nitrogens with zero attached hydrogens (tertiary/aromatic N) is 1. The summed E-state index contributed by atoms with van der Waals surface area (Å²) in [7, 11) is 1.42. The Hall–Kier alpha value is -4.17. The summed E-state index contributed by atoms with van der Waals surface area (Å²) in [4.78, 5) is 36.1. The Kier molecular flexibility index (Phi) is 7.55. The Morgan fingerprint density at radius 3 is 2.34 bits per heavy atom. The van der Waals surface area contributed by atoms with Crippen molar-refractivity contribution in [2.75, 3.05) is 12.4 Å². The quantitative estimate of drug-likeness (QED) is 0.195. The summed E-state index contributed by atoms with van der Waals surface area (Å²) in [5, 5.41) is 6.48. The summed E-state index contributed by atoms with van der Waals surface area (Å²) in [6.45, 7) is 0. The summed E-state index contributed by atoms with van der Waals surface area (Å²) in [6.07, 6.45) is 1.32. The number of nitrogens with one attached hydrogen (secondary N) is 2. The molecule has 0 heterocycles. The molecule has 0 radical (unpaired) electrons. The monoisotopic (exact) mass is 451 g/mol. The van der Waals surface area contributed by atoms with Gasteiger partial charge in [-0.2, -0.15) is 5.10 Å². The van der Waals surface area contributed by atoms with Crippen LogP contribution in [0.3, 0.4) is 0 Å². The summed E-state index contributed by atoms with van der Waals surface area (Å²) in [5.74, 6) is -1.97. The molecule has 0 spiro atoms. The lowest BCUT2D eigenvalue weighted by Crippen LogP contribution is -2.32. The van der Waals surface area contributed by atoms with Gasteiger partial charge in [-0.25, -0.2) is 10.2 Å². The molecule has 0 aromatic heterocycles. The van der Waals surface area contributed by atoms with Crippen molar-refractivity contribution in [1.29, 1.82) is 0 Å². The average Bonchev–Trinajstić information content (AvgIpc) is 2.80. The van der Waals surface area contributed by atoms with Crippen LogP contribution >= 0.6 is 11.6 Å². The van der Waals surface area contributed by atoms with Crippen LogP contribution in [-0.2, 0) is 9.59 Å². The lowest BCUT2D eigenvalue weighted by molar-refractivity contribution is -0.136. The molecule has 9 heteroatoms. The van der Waals surface area contributed by atoms with Crippen molar-refractivity contribution in [3.63, 3.8) is 0 Å². The van der Waals surface area contributed by atoms with Crippen LogP contribution in [-0.4, -0.2) is 31.1 Å². The fourth-order valence-corrected chi connectivity index (χ4v) is 2.77. The van der Waals surface area contributed by atoms with Crippen LogP contribution in [0.15, 0.2) is 77.9 Å². The molecule has 8 nitrogen and oxygen atoms in total. The van der Waals surface area contributed by atoms with Crippen molar-refractivity contribution in [2.45, 2.75) is 0 Å². The van der Waals surface area contributed by atoms with Crippen LogP contribution in [0.25, 0.3) is 0 Å². The number of ether oxygens (including phenoxy) is 2. The van der Waals surface area contributed by atoms with E-state index in [9.17, 15) is 14.4 Å². The highest BCUT2D eigenvalue weighted by molar-refractivity contribution is 6.39.